The van der Waals surface area contributed by atoms with Crippen LogP contribution in [-0.2, 0) is 6.54 Å². The van der Waals surface area contributed by atoms with E-state index < -0.39 is 0 Å². The molecule has 0 saturated carbocycles. The molecule has 0 aliphatic heterocycles. The molecule has 2 aromatic rings. The number of aromatic nitrogens is 1. The minimum absolute atomic E-state index is 0.0442. The molecule has 3 nitrogen and oxygen atoms in total. The molecule has 112 valence electrons. The molecule has 0 saturated heterocycles. The zero-order valence-electron chi connectivity index (χ0n) is 12.5. The predicted octanol–water partition coefficient (Wildman–Crippen LogP) is 3.13. The van der Waals surface area contributed by atoms with Crippen LogP contribution in [0.5, 0.6) is 0 Å². The lowest BCUT2D eigenvalue weighted by atomic mass is 9.98. The second-order valence-electron chi connectivity index (χ2n) is 5.27. The highest BCUT2D eigenvalue weighted by Gasteiger charge is 2.23. The van der Waals surface area contributed by atoms with E-state index in [1.807, 2.05) is 31.2 Å². The quantitative estimate of drug-likeness (QED) is 0.887. The zero-order chi connectivity index (χ0) is 15.2. The van der Waals surface area contributed by atoms with Crippen molar-refractivity contribution in [3.05, 3.63) is 65.7 Å². The number of hydrogen-bond donors (Lipinski definition) is 1. The molecule has 1 aromatic heterocycles. The van der Waals surface area contributed by atoms with Crippen LogP contribution >= 0.6 is 0 Å². The molecule has 0 spiro atoms. The molecule has 2 N–H and O–H groups in total. The summed E-state index contributed by atoms with van der Waals surface area (Å²) >= 11 is 0. The largest absolute Gasteiger partial charge is 0.326 e. The van der Waals surface area contributed by atoms with Crippen molar-refractivity contribution in [2.45, 2.75) is 32.5 Å². The van der Waals surface area contributed by atoms with Gasteiger partial charge in [-0.05, 0) is 48.9 Å². The summed E-state index contributed by atoms with van der Waals surface area (Å²) < 4.78 is 13.1. The van der Waals surface area contributed by atoms with Crippen LogP contribution < -0.4 is 5.73 Å². The predicted molar refractivity (Wildman–Crippen MR) is 83.1 cm³/mol. The van der Waals surface area contributed by atoms with Crippen molar-refractivity contribution >= 4 is 0 Å². The maximum Gasteiger partial charge on any atom is 0.123 e. The van der Waals surface area contributed by atoms with E-state index in [1.54, 1.807) is 12.4 Å². The molecule has 0 aliphatic rings. The first-order valence-corrected chi connectivity index (χ1v) is 7.25. The van der Waals surface area contributed by atoms with Crippen LogP contribution in [0, 0.1) is 5.82 Å². The highest BCUT2D eigenvalue weighted by atomic mass is 19.1. The summed E-state index contributed by atoms with van der Waals surface area (Å²) in [6, 6.07) is 10.6. The van der Waals surface area contributed by atoms with E-state index in [4.69, 9.17) is 5.73 Å². The standard InChI is InChI=1S/C17H22FN3/c1-3-21(12-14-8-10-20-11-9-14)17(13(2)19)15-4-6-16(18)7-5-15/h4-11,13,17H,3,12,19H2,1-2H3. The van der Waals surface area contributed by atoms with Gasteiger partial charge in [0.25, 0.3) is 0 Å². The molecule has 1 aromatic carbocycles. The Kier molecular flexibility index (Phi) is 5.42. The van der Waals surface area contributed by atoms with Gasteiger partial charge in [0.2, 0.25) is 0 Å². The lowest BCUT2D eigenvalue weighted by Gasteiger charge is -2.34. The average molecular weight is 287 g/mol. The maximum atomic E-state index is 13.1. The normalized spacial score (nSPS) is 14.1. The molecule has 2 atom stereocenters. The van der Waals surface area contributed by atoms with Gasteiger partial charge in [-0.25, -0.2) is 4.39 Å². The zero-order valence-corrected chi connectivity index (χ0v) is 12.5. The van der Waals surface area contributed by atoms with Gasteiger partial charge in [0.15, 0.2) is 0 Å². The van der Waals surface area contributed by atoms with E-state index in [1.165, 1.54) is 17.7 Å². The third-order valence-corrected chi connectivity index (χ3v) is 3.64. The van der Waals surface area contributed by atoms with E-state index in [0.717, 1.165) is 18.7 Å². The van der Waals surface area contributed by atoms with Gasteiger partial charge in [-0.3, -0.25) is 9.88 Å². The molecule has 0 fully saturated rings. The Morgan fingerprint density at radius 3 is 2.29 bits per heavy atom. The Bertz CT molecular complexity index is 540. The minimum Gasteiger partial charge on any atom is -0.326 e. The van der Waals surface area contributed by atoms with Crippen molar-refractivity contribution in [3.8, 4) is 0 Å². The number of pyridine rings is 1. The second kappa shape index (κ2) is 7.29. The van der Waals surface area contributed by atoms with Crippen LogP contribution in [0.15, 0.2) is 48.8 Å². The Hall–Kier alpha value is -1.78. The van der Waals surface area contributed by atoms with Gasteiger partial charge in [0.1, 0.15) is 5.82 Å². The topological polar surface area (TPSA) is 42.2 Å². The van der Waals surface area contributed by atoms with E-state index in [9.17, 15) is 4.39 Å². The molecule has 4 heteroatoms. The minimum atomic E-state index is -0.223. The van der Waals surface area contributed by atoms with Crippen LogP contribution in [0.25, 0.3) is 0 Å². The second-order valence-corrected chi connectivity index (χ2v) is 5.27. The summed E-state index contributed by atoms with van der Waals surface area (Å²) in [4.78, 5) is 6.34. The molecule has 0 aliphatic carbocycles. The van der Waals surface area contributed by atoms with E-state index in [0.29, 0.717) is 0 Å². The van der Waals surface area contributed by atoms with Crippen LogP contribution in [0.3, 0.4) is 0 Å². The van der Waals surface area contributed by atoms with Gasteiger partial charge >= 0.3 is 0 Å². The van der Waals surface area contributed by atoms with Crippen LogP contribution in [0.4, 0.5) is 4.39 Å². The molecular formula is C17H22FN3. The Balaban J connectivity index is 2.24. The highest BCUT2D eigenvalue weighted by Crippen LogP contribution is 2.25. The number of nitrogens with zero attached hydrogens (tertiary/aromatic N) is 2. The molecule has 0 bridgehead atoms. The van der Waals surface area contributed by atoms with Gasteiger partial charge < -0.3 is 5.73 Å². The van der Waals surface area contributed by atoms with Gasteiger partial charge in [0.05, 0.1) is 0 Å². The SMILES string of the molecule is CCN(Cc1ccncc1)C(c1ccc(F)cc1)C(C)N. The van der Waals surface area contributed by atoms with Gasteiger partial charge in [0, 0.05) is 31.0 Å². The number of benzene rings is 1. The summed E-state index contributed by atoms with van der Waals surface area (Å²) in [7, 11) is 0. The van der Waals surface area contributed by atoms with E-state index >= 15 is 0 Å². The molecular weight excluding hydrogens is 265 g/mol. The molecule has 2 unspecified atom stereocenters. The van der Waals surface area contributed by atoms with Crippen molar-refractivity contribution in [1.29, 1.82) is 0 Å². The Morgan fingerprint density at radius 1 is 1.14 bits per heavy atom. The molecule has 1 heterocycles. The third-order valence-electron chi connectivity index (χ3n) is 3.64. The first kappa shape index (κ1) is 15.6. The molecule has 21 heavy (non-hydrogen) atoms. The molecule has 2 rings (SSSR count). The fourth-order valence-electron chi connectivity index (χ4n) is 2.64. The van der Waals surface area contributed by atoms with Crippen molar-refractivity contribution in [3.63, 3.8) is 0 Å². The molecule has 0 amide bonds. The molecule has 0 radical (unpaired) electrons. The number of nitrogens with two attached hydrogens (primary N) is 1. The monoisotopic (exact) mass is 287 g/mol. The summed E-state index contributed by atoms with van der Waals surface area (Å²) in [6.45, 7) is 5.76. The number of likely N-dealkylation sites (N-methyl/N-ethyl adjacent to an activating group) is 1. The Morgan fingerprint density at radius 2 is 1.76 bits per heavy atom. The maximum absolute atomic E-state index is 13.1. The van der Waals surface area contributed by atoms with E-state index in [2.05, 4.69) is 16.8 Å². The number of rotatable bonds is 6. The summed E-state index contributed by atoms with van der Waals surface area (Å²) in [6.07, 6.45) is 3.59. The van der Waals surface area contributed by atoms with Crippen molar-refractivity contribution < 1.29 is 4.39 Å². The van der Waals surface area contributed by atoms with Crippen molar-refractivity contribution in [1.82, 2.24) is 9.88 Å². The summed E-state index contributed by atoms with van der Waals surface area (Å²) in [5.41, 5.74) is 8.43. The first-order chi connectivity index (χ1) is 10.1. The lowest BCUT2D eigenvalue weighted by molar-refractivity contribution is 0.177. The van der Waals surface area contributed by atoms with Gasteiger partial charge in [-0.2, -0.15) is 0 Å². The lowest BCUT2D eigenvalue weighted by Crippen LogP contribution is -2.39. The first-order valence-electron chi connectivity index (χ1n) is 7.25. The van der Waals surface area contributed by atoms with E-state index in [-0.39, 0.29) is 17.9 Å². The fourth-order valence-corrected chi connectivity index (χ4v) is 2.64. The number of hydrogen-bond acceptors (Lipinski definition) is 3. The van der Waals surface area contributed by atoms with Crippen molar-refractivity contribution in [2.24, 2.45) is 5.73 Å². The van der Waals surface area contributed by atoms with Crippen molar-refractivity contribution in [2.75, 3.05) is 6.54 Å². The van der Waals surface area contributed by atoms with Gasteiger partial charge in [-0.15, -0.1) is 0 Å². The highest BCUT2D eigenvalue weighted by molar-refractivity contribution is 5.22. The van der Waals surface area contributed by atoms with Crippen LogP contribution in [-0.4, -0.2) is 22.5 Å². The Labute approximate surface area is 125 Å². The van der Waals surface area contributed by atoms with Crippen LogP contribution in [0.2, 0.25) is 0 Å². The average Bonchev–Trinajstić information content (AvgIpc) is 2.49. The smallest absolute Gasteiger partial charge is 0.123 e. The van der Waals surface area contributed by atoms with Crippen LogP contribution in [0.1, 0.15) is 31.0 Å². The third kappa shape index (κ3) is 4.09. The summed E-state index contributed by atoms with van der Waals surface area (Å²) in [5, 5.41) is 0. The number of halogens is 1. The summed E-state index contributed by atoms with van der Waals surface area (Å²) in [5.74, 6) is -0.223. The van der Waals surface area contributed by atoms with Gasteiger partial charge in [-0.1, -0.05) is 19.1 Å². The fraction of sp³-hybridized carbons (Fsp3) is 0.353.